The van der Waals surface area contributed by atoms with Crippen LogP contribution in [-0.4, -0.2) is 11.7 Å². The summed E-state index contributed by atoms with van der Waals surface area (Å²) in [7, 11) is 0. The highest BCUT2D eigenvalue weighted by atomic mass is 16.2. The van der Waals surface area contributed by atoms with E-state index in [9.17, 15) is 0 Å². The highest BCUT2D eigenvalue weighted by Gasteiger charge is 1.93. The van der Waals surface area contributed by atoms with Gasteiger partial charge in [0.1, 0.15) is 0 Å². The topological polar surface area (TPSA) is 20.2 Å². The molecule has 0 amide bonds. The highest BCUT2D eigenvalue weighted by Crippen LogP contribution is 2.12. The molecule has 0 aliphatic rings. The van der Waals surface area contributed by atoms with Crippen molar-refractivity contribution >= 4 is 0 Å². The van der Waals surface area contributed by atoms with Gasteiger partial charge in [0.05, 0.1) is 0 Å². The largest absolute Gasteiger partial charge is 0.396 e. The van der Waals surface area contributed by atoms with E-state index in [1.165, 1.54) is 70.6 Å². The van der Waals surface area contributed by atoms with Crippen molar-refractivity contribution in [2.24, 2.45) is 0 Å². The maximum absolute atomic E-state index is 8.63. The lowest BCUT2D eigenvalue weighted by Gasteiger charge is -2.02. The number of aliphatic hydroxyl groups is 1. The van der Waals surface area contributed by atoms with Gasteiger partial charge in [-0.2, -0.15) is 0 Å². The van der Waals surface area contributed by atoms with Crippen LogP contribution in [0.25, 0.3) is 0 Å². The van der Waals surface area contributed by atoms with E-state index in [-0.39, 0.29) is 0 Å². The van der Waals surface area contributed by atoms with Crippen LogP contribution in [0.5, 0.6) is 0 Å². The molecule has 1 heteroatoms. The smallest absolute Gasteiger partial charge is 0.0431 e. The van der Waals surface area contributed by atoms with Crippen molar-refractivity contribution in [2.45, 2.75) is 83.5 Å². The van der Waals surface area contributed by atoms with Gasteiger partial charge in [-0.15, -0.1) is 12.3 Å². The second-order valence-electron chi connectivity index (χ2n) is 4.92. The molecule has 0 aliphatic heterocycles. The van der Waals surface area contributed by atoms with Crippen LogP contribution in [0.2, 0.25) is 0 Å². The van der Waals surface area contributed by atoms with Crippen molar-refractivity contribution in [2.75, 3.05) is 6.61 Å². The second kappa shape index (κ2) is 15.5. The number of hydrogen-bond donors (Lipinski definition) is 1. The molecule has 100 valence electrons. The minimum absolute atomic E-state index is 0.361. The Kier molecular flexibility index (Phi) is 15.1. The van der Waals surface area contributed by atoms with Gasteiger partial charge in [-0.25, -0.2) is 0 Å². The second-order valence-corrected chi connectivity index (χ2v) is 4.92. The number of aliphatic hydroxyl groups excluding tert-OH is 1. The first-order valence-corrected chi connectivity index (χ1v) is 7.46. The first-order valence-electron chi connectivity index (χ1n) is 7.46. The third-order valence-corrected chi connectivity index (χ3v) is 3.23. The van der Waals surface area contributed by atoms with Gasteiger partial charge in [-0.05, 0) is 12.8 Å². The van der Waals surface area contributed by atoms with Gasteiger partial charge < -0.3 is 5.11 Å². The molecule has 0 rings (SSSR count). The molecule has 0 saturated heterocycles. The molecular formula is C16H30O. The Morgan fingerprint density at radius 2 is 0.941 bits per heavy atom. The fourth-order valence-electron chi connectivity index (χ4n) is 2.11. The average molecular weight is 238 g/mol. The summed E-state index contributed by atoms with van der Waals surface area (Å²) in [6.07, 6.45) is 21.8. The van der Waals surface area contributed by atoms with Gasteiger partial charge in [0, 0.05) is 13.0 Å². The summed E-state index contributed by atoms with van der Waals surface area (Å²) in [5.41, 5.74) is 0. The summed E-state index contributed by atoms with van der Waals surface area (Å²) in [5, 5.41) is 8.63. The van der Waals surface area contributed by atoms with E-state index in [1.54, 1.807) is 0 Å². The molecule has 0 bridgehead atoms. The Balaban J connectivity index is 2.87. The van der Waals surface area contributed by atoms with E-state index in [0.29, 0.717) is 6.61 Å². The van der Waals surface area contributed by atoms with Gasteiger partial charge in [-0.1, -0.05) is 64.2 Å². The van der Waals surface area contributed by atoms with Crippen LogP contribution in [-0.2, 0) is 0 Å². The van der Waals surface area contributed by atoms with E-state index < -0.39 is 0 Å². The molecule has 0 spiro atoms. The fraction of sp³-hybridized carbons (Fsp3) is 0.875. The van der Waals surface area contributed by atoms with E-state index in [0.717, 1.165) is 12.8 Å². The molecular weight excluding hydrogens is 208 g/mol. The standard InChI is InChI=1S/C16H30O/c1-2-3-4-5-6-7-8-9-10-11-12-13-14-15-16-17/h1,17H,3-16H2. The Labute approximate surface area is 108 Å². The van der Waals surface area contributed by atoms with Crippen LogP contribution in [0.4, 0.5) is 0 Å². The van der Waals surface area contributed by atoms with Crippen molar-refractivity contribution < 1.29 is 5.11 Å². The first-order chi connectivity index (χ1) is 8.41. The van der Waals surface area contributed by atoms with E-state index >= 15 is 0 Å². The molecule has 0 aromatic carbocycles. The van der Waals surface area contributed by atoms with Gasteiger partial charge in [0.15, 0.2) is 0 Å². The Hall–Kier alpha value is -0.480. The first kappa shape index (κ1) is 16.5. The molecule has 1 N–H and O–H groups in total. The summed E-state index contributed by atoms with van der Waals surface area (Å²) >= 11 is 0. The Morgan fingerprint density at radius 1 is 0.588 bits per heavy atom. The van der Waals surface area contributed by atoms with E-state index in [2.05, 4.69) is 5.92 Å². The van der Waals surface area contributed by atoms with Gasteiger partial charge >= 0.3 is 0 Å². The summed E-state index contributed by atoms with van der Waals surface area (Å²) < 4.78 is 0. The zero-order chi connectivity index (χ0) is 12.6. The van der Waals surface area contributed by atoms with Crippen LogP contribution >= 0.6 is 0 Å². The normalized spacial score (nSPS) is 10.4. The zero-order valence-electron chi connectivity index (χ0n) is 11.4. The fourth-order valence-corrected chi connectivity index (χ4v) is 2.11. The van der Waals surface area contributed by atoms with Gasteiger partial charge in [0.2, 0.25) is 0 Å². The maximum Gasteiger partial charge on any atom is 0.0431 e. The van der Waals surface area contributed by atoms with Crippen LogP contribution < -0.4 is 0 Å². The van der Waals surface area contributed by atoms with Gasteiger partial charge in [-0.3, -0.25) is 0 Å². The minimum atomic E-state index is 0.361. The summed E-state index contributed by atoms with van der Waals surface area (Å²) in [6.45, 7) is 0.361. The molecule has 1 nitrogen and oxygen atoms in total. The molecule has 0 aromatic heterocycles. The summed E-state index contributed by atoms with van der Waals surface area (Å²) in [6, 6.07) is 0. The third kappa shape index (κ3) is 15.5. The van der Waals surface area contributed by atoms with Crippen molar-refractivity contribution in [3.8, 4) is 12.3 Å². The van der Waals surface area contributed by atoms with Crippen molar-refractivity contribution in [1.29, 1.82) is 0 Å². The monoisotopic (exact) mass is 238 g/mol. The SMILES string of the molecule is C#CCCCCCCCCCCCCCCO. The summed E-state index contributed by atoms with van der Waals surface area (Å²) in [4.78, 5) is 0. The maximum atomic E-state index is 8.63. The Morgan fingerprint density at radius 3 is 1.29 bits per heavy atom. The molecule has 0 atom stereocenters. The van der Waals surface area contributed by atoms with Crippen molar-refractivity contribution in [1.82, 2.24) is 0 Å². The van der Waals surface area contributed by atoms with E-state index in [4.69, 9.17) is 11.5 Å². The predicted octanol–water partition coefficient (Wildman–Crippen LogP) is 4.68. The lowest BCUT2D eigenvalue weighted by atomic mass is 10.0. The van der Waals surface area contributed by atoms with Gasteiger partial charge in [0.25, 0.3) is 0 Å². The number of unbranched alkanes of at least 4 members (excludes halogenated alkanes) is 12. The van der Waals surface area contributed by atoms with Crippen LogP contribution in [0, 0.1) is 12.3 Å². The molecule has 17 heavy (non-hydrogen) atoms. The van der Waals surface area contributed by atoms with Crippen molar-refractivity contribution in [3.05, 3.63) is 0 Å². The molecule has 0 heterocycles. The highest BCUT2D eigenvalue weighted by molar-refractivity contribution is 4.82. The number of terminal acetylenes is 1. The number of rotatable bonds is 13. The predicted molar refractivity (Wildman–Crippen MR) is 75.9 cm³/mol. The van der Waals surface area contributed by atoms with Crippen LogP contribution in [0.1, 0.15) is 83.5 Å². The lowest BCUT2D eigenvalue weighted by molar-refractivity contribution is 0.282. The molecule has 0 fully saturated rings. The molecule has 0 aliphatic carbocycles. The number of hydrogen-bond acceptors (Lipinski definition) is 1. The third-order valence-electron chi connectivity index (χ3n) is 3.23. The molecule has 0 aromatic rings. The molecule has 0 saturated carbocycles. The van der Waals surface area contributed by atoms with Crippen molar-refractivity contribution in [3.63, 3.8) is 0 Å². The van der Waals surface area contributed by atoms with E-state index in [1.807, 2.05) is 0 Å². The lowest BCUT2D eigenvalue weighted by Crippen LogP contribution is -1.84. The molecule has 0 radical (unpaired) electrons. The zero-order valence-corrected chi connectivity index (χ0v) is 11.4. The average Bonchev–Trinajstić information content (AvgIpc) is 2.35. The minimum Gasteiger partial charge on any atom is -0.396 e. The van der Waals surface area contributed by atoms with Crippen LogP contribution in [0.15, 0.2) is 0 Å². The Bertz CT molecular complexity index is 169. The quantitative estimate of drug-likeness (QED) is 0.365. The summed E-state index contributed by atoms with van der Waals surface area (Å²) in [5.74, 6) is 2.69. The molecule has 0 unspecified atom stereocenters. The van der Waals surface area contributed by atoms with Crippen LogP contribution in [0.3, 0.4) is 0 Å².